The summed E-state index contributed by atoms with van der Waals surface area (Å²) in [7, 11) is -4.67. The average Bonchev–Trinajstić information content (AvgIpc) is 1.19. The fourth-order valence-corrected chi connectivity index (χ4v) is 0. The van der Waals surface area contributed by atoms with E-state index in [2.05, 4.69) is 0 Å². The van der Waals surface area contributed by atoms with Crippen molar-refractivity contribution in [3.8, 4) is 0 Å². The van der Waals surface area contributed by atoms with Gasteiger partial charge >= 0.3 is 40.0 Å². The Bertz CT molecular complexity index is 159. The molecule has 0 aliphatic rings. The molecule has 0 fully saturated rings. The van der Waals surface area contributed by atoms with E-state index >= 15 is 0 Å². The predicted molar refractivity (Wildman–Crippen MR) is 28.7 cm³/mol. The molecule has 0 spiro atoms. The fourth-order valence-electron chi connectivity index (χ4n) is 0. The molecule has 0 aliphatic heterocycles. The summed E-state index contributed by atoms with van der Waals surface area (Å²) in [5, 5.41) is 0. The molecule has 0 saturated heterocycles. The summed E-state index contributed by atoms with van der Waals surface area (Å²) in [5.74, 6) is 0. The SMILES string of the molecule is O=S(=O)(O)O.O=S(O)O.[H-].[Na+]. The van der Waals surface area contributed by atoms with E-state index in [9.17, 15) is 0 Å². The van der Waals surface area contributed by atoms with Crippen LogP contribution in [0.4, 0.5) is 0 Å². The summed E-state index contributed by atoms with van der Waals surface area (Å²) in [6.45, 7) is 0. The monoisotopic (exact) mass is 204 g/mol. The normalized spacial score (nSPS) is 9.30. The molecular weight excluding hydrogens is 199 g/mol. The van der Waals surface area contributed by atoms with E-state index in [1.165, 1.54) is 0 Å². The Morgan fingerprint density at radius 1 is 1.20 bits per heavy atom. The molecule has 0 atom stereocenters. The first-order valence-electron chi connectivity index (χ1n) is 1.23. The van der Waals surface area contributed by atoms with Crippen molar-refractivity contribution in [2.75, 3.05) is 0 Å². The molecule has 0 heterocycles. The van der Waals surface area contributed by atoms with Gasteiger partial charge in [0.1, 0.15) is 0 Å². The molecule has 0 unspecified atom stereocenters. The second kappa shape index (κ2) is 8.04. The van der Waals surface area contributed by atoms with Crippen molar-refractivity contribution in [3.05, 3.63) is 0 Å². The molecule has 0 radical (unpaired) electrons. The van der Waals surface area contributed by atoms with Gasteiger partial charge < -0.3 is 1.43 Å². The maximum absolute atomic E-state index is 8.74. The van der Waals surface area contributed by atoms with Crippen LogP contribution in [0.25, 0.3) is 0 Å². The Morgan fingerprint density at radius 2 is 1.20 bits per heavy atom. The van der Waals surface area contributed by atoms with Crippen molar-refractivity contribution in [1.82, 2.24) is 0 Å². The van der Waals surface area contributed by atoms with Gasteiger partial charge in [-0.2, -0.15) is 12.6 Å². The van der Waals surface area contributed by atoms with Gasteiger partial charge in [0.25, 0.3) is 11.4 Å². The third-order valence-electron chi connectivity index (χ3n) is 0. The zero-order valence-corrected chi connectivity index (χ0v) is 8.46. The van der Waals surface area contributed by atoms with Crippen molar-refractivity contribution in [1.29, 1.82) is 0 Å². The third-order valence-corrected chi connectivity index (χ3v) is 0. The zero-order chi connectivity index (χ0) is 8.08. The van der Waals surface area contributed by atoms with Crippen molar-refractivity contribution in [2.45, 2.75) is 0 Å². The van der Waals surface area contributed by atoms with Crippen molar-refractivity contribution >= 4 is 21.8 Å². The van der Waals surface area contributed by atoms with E-state index in [1.807, 2.05) is 0 Å². The average molecular weight is 204 g/mol. The molecule has 0 aliphatic carbocycles. The van der Waals surface area contributed by atoms with Crippen molar-refractivity contribution in [3.63, 3.8) is 0 Å². The summed E-state index contributed by atoms with van der Waals surface area (Å²) in [6.07, 6.45) is 0. The minimum absolute atomic E-state index is 0. The van der Waals surface area contributed by atoms with E-state index in [-0.39, 0.29) is 31.0 Å². The van der Waals surface area contributed by atoms with Crippen LogP contribution in [-0.2, 0) is 21.8 Å². The van der Waals surface area contributed by atoms with Crippen LogP contribution in [0.15, 0.2) is 0 Å². The second-order valence-corrected chi connectivity index (χ2v) is 2.04. The molecular formula is H5NaO7S2. The van der Waals surface area contributed by atoms with Crippen LogP contribution in [0, 0.1) is 0 Å². The third kappa shape index (κ3) is 638. The van der Waals surface area contributed by atoms with Gasteiger partial charge in [-0.15, -0.1) is 0 Å². The van der Waals surface area contributed by atoms with Crippen LogP contribution >= 0.6 is 0 Å². The summed E-state index contributed by atoms with van der Waals surface area (Å²) >= 11 is -2.61. The fraction of sp³-hybridized carbons (Fsp3) is 0. The van der Waals surface area contributed by atoms with Gasteiger partial charge in [-0.05, 0) is 0 Å². The van der Waals surface area contributed by atoms with E-state index in [1.54, 1.807) is 0 Å². The summed E-state index contributed by atoms with van der Waals surface area (Å²) in [4.78, 5) is 0. The van der Waals surface area contributed by atoms with E-state index in [4.69, 9.17) is 30.8 Å². The Balaban J connectivity index is -0.0000000383. The first-order valence-corrected chi connectivity index (χ1v) is 3.69. The van der Waals surface area contributed by atoms with Gasteiger partial charge in [-0.3, -0.25) is 18.2 Å². The maximum Gasteiger partial charge on any atom is 1.00 e. The predicted octanol–water partition coefficient (Wildman–Crippen LogP) is -3.86. The number of hydrogen-bond acceptors (Lipinski definition) is 3. The molecule has 4 N–H and O–H groups in total. The summed E-state index contributed by atoms with van der Waals surface area (Å²) in [6, 6.07) is 0. The molecule has 0 aromatic carbocycles. The van der Waals surface area contributed by atoms with Crippen molar-refractivity contribution < 1.29 is 61.8 Å². The smallest absolute Gasteiger partial charge is 1.00 e. The van der Waals surface area contributed by atoms with Gasteiger partial charge in [-0.1, -0.05) is 0 Å². The first kappa shape index (κ1) is 17.1. The van der Waals surface area contributed by atoms with E-state index < -0.39 is 21.8 Å². The summed E-state index contributed by atoms with van der Waals surface area (Å²) in [5.41, 5.74) is 0. The first-order chi connectivity index (χ1) is 3.73. The largest absolute Gasteiger partial charge is 1.00 e. The van der Waals surface area contributed by atoms with E-state index in [0.717, 1.165) is 0 Å². The zero-order valence-electron chi connectivity index (χ0n) is 5.83. The minimum Gasteiger partial charge on any atom is -1.00 e. The molecule has 0 aromatic heterocycles. The quantitative estimate of drug-likeness (QED) is 0.180. The van der Waals surface area contributed by atoms with Crippen LogP contribution in [0.5, 0.6) is 0 Å². The van der Waals surface area contributed by atoms with Crippen molar-refractivity contribution in [2.24, 2.45) is 0 Å². The second-order valence-electron chi connectivity index (χ2n) is 0.679. The van der Waals surface area contributed by atoms with Crippen LogP contribution in [-0.4, -0.2) is 30.8 Å². The Labute approximate surface area is 83.3 Å². The minimum atomic E-state index is -4.67. The molecule has 10 heavy (non-hydrogen) atoms. The van der Waals surface area contributed by atoms with Gasteiger partial charge in [-0.25, -0.2) is 0 Å². The molecule has 60 valence electrons. The molecule has 0 aromatic rings. The van der Waals surface area contributed by atoms with Crippen LogP contribution < -0.4 is 29.6 Å². The van der Waals surface area contributed by atoms with Gasteiger partial charge in [0.15, 0.2) is 0 Å². The Hall–Kier alpha value is 0.940. The Morgan fingerprint density at radius 3 is 1.20 bits per heavy atom. The molecule has 0 bridgehead atoms. The van der Waals surface area contributed by atoms with Gasteiger partial charge in [0, 0.05) is 0 Å². The number of hydrogen-bond donors (Lipinski definition) is 4. The number of rotatable bonds is 0. The van der Waals surface area contributed by atoms with Gasteiger partial charge in [0.05, 0.1) is 0 Å². The van der Waals surface area contributed by atoms with Crippen LogP contribution in [0.3, 0.4) is 0 Å². The van der Waals surface area contributed by atoms with Gasteiger partial charge in [0.2, 0.25) is 0 Å². The maximum atomic E-state index is 8.74. The standard InChI is InChI=1S/Na.H2O4S.H2O3S.H/c;1-5(2,3)4;1-4(2)3;/h;(H2,1,2,3,4);(H2,1,2,3);/q+1;;;-1. The van der Waals surface area contributed by atoms with E-state index in [0.29, 0.717) is 0 Å². The molecule has 0 saturated carbocycles. The molecule has 7 nitrogen and oxygen atoms in total. The van der Waals surface area contributed by atoms with Crippen LogP contribution in [0.1, 0.15) is 1.43 Å². The Kier molecular flexibility index (Phi) is 13.8. The molecule has 0 amide bonds. The summed E-state index contributed by atoms with van der Waals surface area (Å²) < 4.78 is 54.4. The molecule has 0 rings (SSSR count). The topological polar surface area (TPSA) is 132 Å². The molecule has 10 heteroatoms. The van der Waals surface area contributed by atoms with Crippen LogP contribution in [0.2, 0.25) is 0 Å².